The monoisotopic (exact) mass is 180 g/mol. The molecular formula is C10H16OSi. The maximum atomic E-state index is 5.43. The number of hydrogen-bond acceptors (Lipinski definition) is 1. The molecule has 0 heterocycles. The van der Waals surface area contributed by atoms with Crippen molar-refractivity contribution in [3.05, 3.63) is 50.2 Å². The van der Waals surface area contributed by atoms with E-state index in [9.17, 15) is 0 Å². The van der Waals surface area contributed by atoms with Crippen LogP contribution < -0.4 is 0 Å². The van der Waals surface area contributed by atoms with Crippen molar-refractivity contribution in [1.29, 1.82) is 0 Å². The highest BCUT2D eigenvalue weighted by molar-refractivity contribution is 6.34. The summed E-state index contributed by atoms with van der Waals surface area (Å²) in [7, 11) is -0.566. The maximum Gasteiger partial charge on any atom is 0.184 e. The zero-order chi connectivity index (χ0) is 9.45. The molecule has 0 aromatic heterocycles. The lowest BCUT2D eigenvalue weighted by Gasteiger charge is -2.21. The molecule has 0 fully saturated rings. The van der Waals surface area contributed by atoms with Gasteiger partial charge < -0.3 is 4.43 Å². The molecule has 0 aliphatic carbocycles. The Morgan fingerprint density at radius 1 is 1.08 bits per heavy atom. The maximum absolute atomic E-state index is 5.43. The van der Waals surface area contributed by atoms with Gasteiger partial charge >= 0.3 is 0 Å². The van der Waals surface area contributed by atoms with Crippen LogP contribution in [0.2, 0.25) is 0 Å². The van der Waals surface area contributed by atoms with Gasteiger partial charge in [-0.3, -0.25) is 0 Å². The molecule has 12 heavy (non-hydrogen) atoms. The predicted octanol–water partition coefficient (Wildman–Crippen LogP) is 1.77. The van der Waals surface area contributed by atoms with Crippen LogP contribution in [0.25, 0.3) is 0 Å². The molecule has 0 radical (unpaired) electrons. The molecule has 0 amide bonds. The topological polar surface area (TPSA) is 9.23 Å². The van der Waals surface area contributed by atoms with Crippen molar-refractivity contribution in [1.82, 2.24) is 0 Å². The van der Waals surface area contributed by atoms with Crippen molar-refractivity contribution >= 4 is 9.76 Å². The molecule has 0 unspecified atom stereocenters. The van der Waals surface area contributed by atoms with Gasteiger partial charge in [0.2, 0.25) is 0 Å². The van der Waals surface area contributed by atoms with Crippen LogP contribution in [0.3, 0.4) is 0 Å². The fraction of sp³-hybridized carbons (Fsp3) is 0.200. The van der Waals surface area contributed by atoms with E-state index in [0.29, 0.717) is 6.61 Å². The van der Waals surface area contributed by atoms with Gasteiger partial charge in [-0.05, 0) is 0 Å². The van der Waals surface area contributed by atoms with Gasteiger partial charge in [-0.15, -0.1) is 26.3 Å². The van der Waals surface area contributed by atoms with E-state index in [1.165, 1.54) is 0 Å². The van der Waals surface area contributed by atoms with Gasteiger partial charge in [0.25, 0.3) is 0 Å². The summed E-state index contributed by atoms with van der Waals surface area (Å²) >= 11 is 0. The van der Waals surface area contributed by atoms with Crippen molar-refractivity contribution in [3.8, 4) is 0 Å². The highest BCUT2D eigenvalue weighted by Gasteiger charge is 2.17. The summed E-state index contributed by atoms with van der Waals surface area (Å²) in [6.45, 7) is 15.4. The quantitative estimate of drug-likeness (QED) is 0.330. The van der Waals surface area contributed by atoms with E-state index in [1.807, 2.05) is 5.70 Å². The largest absolute Gasteiger partial charge is 0.418 e. The van der Waals surface area contributed by atoms with E-state index in [4.69, 9.17) is 4.43 Å². The molecule has 0 spiro atoms. The molecule has 0 aromatic rings. The summed E-state index contributed by atoms with van der Waals surface area (Å²) < 4.78 is 5.43. The molecule has 66 valence electrons. The van der Waals surface area contributed by atoms with E-state index < -0.39 is 9.76 Å². The Morgan fingerprint density at radius 2 is 1.58 bits per heavy atom. The fourth-order valence-electron chi connectivity index (χ4n) is 0.746. The van der Waals surface area contributed by atoms with E-state index in [0.717, 1.165) is 0 Å². The Morgan fingerprint density at radius 3 is 1.92 bits per heavy atom. The molecule has 0 saturated carbocycles. The lowest BCUT2D eigenvalue weighted by Crippen LogP contribution is -2.19. The zero-order valence-electron chi connectivity index (χ0n) is 7.46. The van der Waals surface area contributed by atoms with Gasteiger partial charge in [0.05, 0.1) is 0 Å². The van der Waals surface area contributed by atoms with E-state index in [1.54, 1.807) is 18.2 Å². The summed E-state index contributed by atoms with van der Waals surface area (Å²) in [5.74, 6) is 0. The second-order valence-electron chi connectivity index (χ2n) is 2.53. The summed E-state index contributed by atoms with van der Waals surface area (Å²) in [6, 6.07) is 0. The summed E-state index contributed by atoms with van der Waals surface area (Å²) in [6.07, 6.45) is 5.39. The van der Waals surface area contributed by atoms with Crippen LogP contribution in [0.4, 0.5) is 0 Å². The van der Waals surface area contributed by atoms with E-state index in [-0.39, 0.29) is 5.41 Å². The molecule has 1 nitrogen and oxygen atoms in total. The first-order valence-corrected chi connectivity index (χ1v) is 5.23. The van der Waals surface area contributed by atoms with Crippen LogP contribution in [-0.4, -0.2) is 16.4 Å². The fourth-order valence-corrected chi connectivity index (χ4v) is 1.38. The van der Waals surface area contributed by atoms with Gasteiger partial charge in [-0.2, -0.15) is 0 Å². The molecule has 2 heteroatoms. The smallest absolute Gasteiger partial charge is 0.184 e. The van der Waals surface area contributed by atoms with Crippen LogP contribution in [0.15, 0.2) is 50.2 Å². The minimum absolute atomic E-state index is 0.268. The van der Waals surface area contributed by atoms with Crippen LogP contribution in [-0.2, 0) is 4.43 Å². The summed E-state index contributed by atoms with van der Waals surface area (Å²) in [5.41, 5.74) is 1.58. The molecule has 0 aliphatic rings. The van der Waals surface area contributed by atoms with Crippen LogP contribution in [0.5, 0.6) is 0 Å². The number of rotatable bonds is 7. The Bertz CT molecular complexity index is 163. The molecule has 0 atom stereocenters. The van der Waals surface area contributed by atoms with Crippen molar-refractivity contribution in [2.45, 2.75) is 0 Å². The summed E-state index contributed by atoms with van der Waals surface area (Å²) in [4.78, 5) is 0. The van der Waals surface area contributed by atoms with Gasteiger partial charge in [-0.1, -0.05) is 23.9 Å². The lowest BCUT2D eigenvalue weighted by molar-refractivity contribution is 0.278. The van der Waals surface area contributed by atoms with E-state index in [2.05, 4.69) is 26.3 Å². The van der Waals surface area contributed by atoms with Crippen LogP contribution >= 0.6 is 0 Å². The SMILES string of the molecule is C=C[SiH2]OCC(C=C)(C=C)C=C. The molecular weight excluding hydrogens is 164 g/mol. The van der Waals surface area contributed by atoms with Crippen molar-refractivity contribution in [2.75, 3.05) is 6.61 Å². The Kier molecular flexibility index (Phi) is 5.33. The first-order chi connectivity index (χ1) is 5.74. The molecule has 0 saturated heterocycles. The Labute approximate surface area is 77.1 Å². The lowest BCUT2D eigenvalue weighted by atomic mass is 9.90. The average Bonchev–Trinajstić information content (AvgIpc) is 2.14. The Balaban J connectivity index is 4.10. The molecule has 0 rings (SSSR count). The highest BCUT2D eigenvalue weighted by Crippen LogP contribution is 2.21. The minimum atomic E-state index is -0.566. The third kappa shape index (κ3) is 3.03. The molecule has 0 aromatic carbocycles. The summed E-state index contributed by atoms with van der Waals surface area (Å²) in [5, 5.41) is 0. The van der Waals surface area contributed by atoms with Crippen molar-refractivity contribution in [2.24, 2.45) is 5.41 Å². The second kappa shape index (κ2) is 5.74. The van der Waals surface area contributed by atoms with Crippen molar-refractivity contribution < 1.29 is 4.43 Å². The average molecular weight is 180 g/mol. The number of hydrogen-bond donors (Lipinski definition) is 0. The molecule has 0 bridgehead atoms. The second-order valence-corrected chi connectivity index (χ2v) is 3.85. The highest BCUT2D eigenvalue weighted by atomic mass is 28.2. The first kappa shape index (κ1) is 11.1. The van der Waals surface area contributed by atoms with Crippen LogP contribution in [0.1, 0.15) is 0 Å². The van der Waals surface area contributed by atoms with E-state index >= 15 is 0 Å². The van der Waals surface area contributed by atoms with Crippen LogP contribution in [0, 0.1) is 5.41 Å². The molecule has 0 aliphatic heterocycles. The zero-order valence-corrected chi connectivity index (χ0v) is 8.87. The third-order valence-electron chi connectivity index (χ3n) is 1.73. The van der Waals surface area contributed by atoms with Gasteiger partial charge in [0, 0.05) is 12.0 Å². The van der Waals surface area contributed by atoms with Gasteiger partial charge in [0.1, 0.15) is 0 Å². The molecule has 0 N–H and O–H groups in total. The predicted molar refractivity (Wildman–Crippen MR) is 57.7 cm³/mol. The minimum Gasteiger partial charge on any atom is -0.418 e. The van der Waals surface area contributed by atoms with Gasteiger partial charge in [0.15, 0.2) is 9.76 Å². The third-order valence-corrected chi connectivity index (χ3v) is 2.40. The van der Waals surface area contributed by atoms with Gasteiger partial charge in [-0.25, -0.2) is 0 Å². The first-order valence-electron chi connectivity index (χ1n) is 3.84. The van der Waals surface area contributed by atoms with Crippen molar-refractivity contribution in [3.63, 3.8) is 0 Å². The normalized spacial score (nSPS) is 11.3. The Hall–Kier alpha value is -0.863. The standard InChI is InChI=1S/C10H16OSi/c1-5-10(6-2,7-3)9-11-12-8-4/h5-8H,1-4,9,12H2.